The molecule has 2 saturated carbocycles. The normalized spacial score (nSPS) is 19.3. The molecule has 2 aliphatic carbocycles. The minimum atomic E-state index is -0.0728. The van der Waals surface area contributed by atoms with Crippen molar-refractivity contribution in [3.63, 3.8) is 0 Å². The molecular weight excluding hydrogens is 290 g/mol. The summed E-state index contributed by atoms with van der Waals surface area (Å²) in [6, 6.07) is 0. The van der Waals surface area contributed by atoms with Crippen molar-refractivity contribution in [2.45, 2.75) is 70.3 Å². The average Bonchev–Trinajstić information content (AvgIpc) is 3.38. The third kappa shape index (κ3) is 4.74. The van der Waals surface area contributed by atoms with Gasteiger partial charge >= 0.3 is 0 Å². The molecule has 0 spiro atoms. The second-order valence-corrected chi connectivity index (χ2v) is 6.73. The van der Waals surface area contributed by atoms with Crippen LogP contribution in [0.5, 0.6) is 0 Å². The maximum absolute atomic E-state index is 12.4. The highest BCUT2D eigenvalue weighted by Gasteiger charge is 2.30. The minimum absolute atomic E-state index is 0.0728. The summed E-state index contributed by atoms with van der Waals surface area (Å²) in [5.74, 6) is 1.11. The number of amides is 1. The first-order valence-electron chi connectivity index (χ1n) is 8.97. The lowest BCUT2D eigenvalue weighted by Gasteiger charge is -2.15. The fourth-order valence-corrected chi connectivity index (χ4v) is 3.22. The summed E-state index contributed by atoms with van der Waals surface area (Å²) in [5, 5.41) is 2.95. The van der Waals surface area contributed by atoms with Crippen molar-refractivity contribution >= 4 is 5.91 Å². The first-order chi connectivity index (χ1) is 11.2. The molecule has 0 saturated heterocycles. The van der Waals surface area contributed by atoms with E-state index < -0.39 is 0 Å². The molecule has 1 amide bonds. The molecule has 0 atom stereocenters. The third-order valence-electron chi connectivity index (χ3n) is 4.69. The number of ether oxygens (including phenoxy) is 1. The van der Waals surface area contributed by atoms with Crippen molar-refractivity contribution in [1.82, 2.24) is 15.3 Å². The molecular formula is C18H27N3O2. The molecule has 5 nitrogen and oxygen atoms in total. The molecule has 1 aromatic rings. The summed E-state index contributed by atoms with van der Waals surface area (Å²) >= 11 is 0. The fourth-order valence-electron chi connectivity index (χ4n) is 3.22. The fraction of sp³-hybridized carbons (Fsp3) is 0.722. The number of rotatable bonds is 6. The van der Waals surface area contributed by atoms with E-state index in [1.807, 2.05) is 6.92 Å². The van der Waals surface area contributed by atoms with E-state index in [0.29, 0.717) is 30.7 Å². The van der Waals surface area contributed by atoms with E-state index in [1.54, 1.807) is 6.20 Å². The zero-order chi connectivity index (χ0) is 16.1. The molecule has 126 valence electrons. The van der Waals surface area contributed by atoms with E-state index in [9.17, 15) is 4.79 Å². The largest absolute Gasteiger partial charge is 0.376 e. The zero-order valence-corrected chi connectivity index (χ0v) is 14.0. The summed E-state index contributed by atoms with van der Waals surface area (Å²) in [6.45, 7) is 3.00. The Labute approximate surface area is 138 Å². The van der Waals surface area contributed by atoms with Crippen LogP contribution in [0, 0.1) is 6.92 Å². The Bertz CT molecular complexity index is 535. The number of hydrogen-bond donors (Lipinski definition) is 1. The lowest BCUT2D eigenvalue weighted by molar-refractivity contribution is 0.0441. The molecule has 0 bridgehead atoms. The van der Waals surface area contributed by atoms with Crippen LogP contribution in [0.25, 0.3) is 0 Å². The number of nitrogens with zero attached hydrogens (tertiary/aromatic N) is 2. The molecule has 2 aliphatic rings. The van der Waals surface area contributed by atoms with Crippen LogP contribution in [-0.4, -0.2) is 35.1 Å². The Morgan fingerprint density at radius 1 is 1.22 bits per heavy atom. The van der Waals surface area contributed by atoms with Crippen LogP contribution >= 0.6 is 0 Å². The van der Waals surface area contributed by atoms with Gasteiger partial charge in [-0.2, -0.15) is 0 Å². The van der Waals surface area contributed by atoms with Gasteiger partial charge in [0.05, 0.1) is 24.0 Å². The summed E-state index contributed by atoms with van der Waals surface area (Å²) in [7, 11) is 0. The smallest absolute Gasteiger partial charge is 0.254 e. The Morgan fingerprint density at radius 3 is 2.65 bits per heavy atom. The quantitative estimate of drug-likeness (QED) is 0.647. The Morgan fingerprint density at radius 2 is 1.96 bits per heavy atom. The molecule has 3 rings (SSSR count). The highest BCUT2D eigenvalue weighted by molar-refractivity contribution is 5.95. The van der Waals surface area contributed by atoms with Gasteiger partial charge in [0.25, 0.3) is 5.91 Å². The molecule has 2 fully saturated rings. The highest BCUT2D eigenvalue weighted by Crippen LogP contribution is 2.40. The average molecular weight is 317 g/mol. The maximum atomic E-state index is 12.4. The molecule has 0 aliphatic heterocycles. The van der Waals surface area contributed by atoms with Crippen LogP contribution in [0.1, 0.15) is 79.2 Å². The van der Waals surface area contributed by atoms with Gasteiger partial charge in [-0.1, -0.05) is 25.7 Å². The highest BCUT2D eigenvalue weighted by atomic mass is 16.5. The Balaban J connectivity index is 1.46. The maximum Gasteiger partial charge on any atom is 0.254 e. The van der Waals surface area contributed by atoms with Crippen molar-refractivity contribution in [3.8, 4) is 0 Å². The van der Waals surface area contributed by atoms with Gasteiger partial charge in [-0.25, -0.2) is 9.97 Å². The van der Waals surface area contributed by atoms with E-state index in [2.05, 4.69) is 15.3 Å². The Hall–Kier alpha value is -1.49. The van der Waals surface area contributed by atoms with Crippen LogP contribution in [-0.2, 0) is 4.74 Å². The molecule has 0 unspecified atom stereocenters. The van der Waals surface area contributed by atoms with Gasteiger partial charge in [-0.05, 0) is 32.6 Å². The molecule has 1 N–H and O–H groups in total. The first-order valence-corrected chi connectivity index (χ1v) is 8.97. The number of aryl methyl sites for hydroxylation is 1. The zero-order valence-electron chi connectivity index (χ0n) is 14.0. The molecule has 0 aromatic carbocycles. The van der Waals surface area contributed by atoms with E-state index in [4.69, 9.17) is 4.74 Å². The minimum Gasteiger partial charge on any atom is -0.376 e. The molecule has 23 heavy (non-hydrogen) atoms. The van der Waals surface area contributed by atoms with Crippen molar-refractivity contribution < 1.29 is 9.53 Å². The van der Waals surface area contributed by atoms with Gasteiger partial charge in [-0.3, -0.25) is 4.79 Å². The van der Waals surface area contributed by atoms with Gasteiger partial charge in [0.1, 0.15) is 5.82 Å². The SMILES string of the molecule is Cc1ncc(C(=O)NCCOC2CCCCCC2)c(C2CC2)n1. The summed E-state index contributed by atoms with van der Waals surface area (Å²) < 4.78 is 5.91. The van der Waals surface area contributed by atoms with Gasteiger partial charge in [0, 0.05) is 18.7 Å². The molecule has 5 heteroatoms. The second-order valence-electron chi connectivity index (χ2n) is 6.73. The van der Waals surface area contributed by atoms with E-state index in [1.165, 1.54) is 25.7 Å². The summed E-state index contributed by atoms with van der Waals surface area (Å²) in [4.78, 5) is 21.0. The Kier molecular flexibility index (Phi) is 5.60. The van der Waals surface area contributed by atoms with Gasteiger partial charge < -0.3 is 10.1 Å². The van der Waals surface area contributed by atoms with E-state index >= 15 is 0 Å². The van der Waals surface area contributed by atoms with Crippen LogP contribution in [0.15, 0.2) is 6.20 Å². The monoisotopic (exact) mass is 317 g/mol. The van der Waals surface area contributed by atoms with E-state index in [0.717, 1.165) is 37.2 Å². The van der Waals surface area contributed by atoms with Gasteiger partial charge in [0.15, 0.2) is 0 Å². The van der Waals surface area contributed by atoms with Crippen LogP contribution < -0.4 is 5.32 Å². The number of carbonyl (C=O) groups is 1. The molecule has 1 aromatic heterocycles. The number of nitrogens with one attached hydrogen (secondary N) is 1. The topological polar surface area (TPSA) is 64.1 Å². The number of aromatic nitrogens is 2. The number of hydrogen-bond acceptors (Lipinski definition) is 4. The predicted octanol–water partition coefficient (Wildman–Crippen LogP) is 3.13. The number of carbonyl (C=O) groups excluding carboxylic acids is 1. The van der Waals surface area contributed by atoms with Crippen LogP contribution in [0.4, 0.5) is 0 Å². The van der Waals surface area contributed by atoms with Crippen molar-refractivity contribution in [3.05, 3.63) is 23.3 Å². The summed E-state index contributed by atoms with van der Waals surface area (Å²) in [5.41, 5.74) is 1.55. The van der Waals surface area contributed by atoms with E-state index in [-0.39, 0.29) is 5.91 Å². The predicted molar refractivity (Wildman–Crippen MR) is 88.5 cm³/mol. The van der Waals surface area contributed by atoms with Crippen molar-refractivity contribution in [2.24, 2.45) is 0 Å². The van der Waals surface area contributed by atoms with Crippen LogP contribution in [0.2, 0.25) is 0 Å². The third-order valence-corrected chi connectivity index (χ3v) is 4.69. The summed E-state index contributed by atoms with van der Waals surface area (Å²) in [6.07, 6.45) is 11.8. The van der Waals surface area contributed by atoms with Gasteiger partial charge in [0.2, 0.25) is 0 Å². The van der Waals surface area contributed by atoms with Gasteiger partial charge in [-0.15, -0.1) is 0 Å². The second kappa shape index (κ2) is 7.86. The lowest BCUT2D eigenvalue weighted by atomic mass is 10.1. The molecule has 1 heterocycles. The molecule has 0 radical (unpaired) electrons. The lowest BCUT2D eigenvalue weighted by Crippen LogP contribution is -2.30. The van der Waals surface area contributed by atoms with Crippen LogP contribution in [0.3, 0.4) is 0 Å². The van der Waals surface area contributed by atoms with Crippen molar-refractivity contribution in [1.29, 1.82) is 0 Å². The van der Waals surface area contributed by atoms with Crippen molar-refractivity contribution in [2.75, 3.05) is 13.2 Å². The first kappa shape index (κ1) is 16.4. The standard InChI is InChI=1S/C18H27N3O2/c1-13-20-12-16(17(21-13)14-8-9-14)18(22)19-10-11-23-15-6-4-2-3-5-7-15/h12,14-15H,2-11H2,1H3,(H,19,22).